The van der Waals surface area contributed by atoms with Gasteiger partial charge in [-0.1, -0.05) is 43.3 Å². The van der Waals surface area contributed by atoms with Crippen molar-refractivity contribution in [3.05, 3.63) is 83.9 Å². The lowest BCUT2D eigenvalue weighted by atomic mass is 9.98. The molecule has 10 heteroatoms. The first-order valence-electron chi connectivity index (χ1n) is 15.3. The monoisotopic (exact) mass is 601 g/mol. The maximum atomic E-state index is 13.8. The van der Waals surface area contributed by atoms with Gasteiger partial charge in [-0.3, -0.25) is 14.5 Å². The van der Waals surface area contributed by atoms with Crippen LogP contribution in [0.25, 0.3) is 0 Å². The number of amides is 2. The van der Waals surface area contributed by atoms with Crippen LogP contribution in [0, 0.1) is 5.92 Å². The molecule has 44 heavy (non-hydrogen) atoms. The van der Waals surface area contributed by atoms with Crippen LogP contribution in [-0.2, 0) is 11.3 Å². The molecule has 2 heterocycles. The van der Waals surface area contributed by atoms with Crippen LogP contribution in [0.15, 0.2) is 72.8 Å². The average molecular weight is 602 g/mol. The van der Waals surface area contributed by atoms with E-state index in [0.717, 1.165) is 23.6 Å². The number of carbonyl (C=O) groups is 2. The van der Waals surface area contributed by atoms with Crippen molar-refractivity contribution >= 4 is 17.5 Å². The van der Waals surface area contributed by atoms with Crippen LogP contribution in [0.5, 0.6) is 17.2 Å². The van der Waals surface area contributed by atoms with Gasteiger partial charge in [0.2, 0.25) is 5.91 Å². The molecular formula is C34H43N5O5. The first-order valence-corrected chi connectivity index (χ1v) is 15.3. The van der Waals surface area contributed by atoms with E-state index >= 15 is 0 Å². The van der Waals surface area contributed by atoms with Gasteiger partial charge in [-0.15, -0.1) is 0 Å². The standard InChI is InChI=1S/C34H43N5O5/c1-23-19-39(24(2)22-40)34(42)28-10-7-11-29(37-33(41)30-18-35-16-17-36-30)32(28)44-31(23)21-38(3)20-25-12-14-27(15-13-25)43-26-8-5-4-6-9-26/h4-15,23-24,30-31,35-36,40H,16-22H2,1-3H3,(H,37,41). The number of ether oxygens (including phenoxy) is 2. The maximum absolute atomic E-state index is 13.8. The molecule has 0 aliphatic carbocycles. The zero-order valence-electron chi connectivity index (χ0n) is 25.7. The normalized spacial score (nSPS) is 21.1. The second-order valence-electron chi connectivity index (χ2n) is 11.8. The van der Waals surface area contributed by atoms with Gasteiger partial charge in [0, 0.05) is 45.2 Å². The minimum Gasteiger partial charge on any atom is -0.486 e. The van der Waals surface area contributed by atoms with E-state index in [2.05, 4.69) is 39.9 Å². The number of piperazine rings is 1. The second kappa shape index (κ2) is 14.7. The molecule has 0 aromatic heterocycles. The Morgan fingerprint density at radius 1 is 1.09 bits per heavy atom. The largest absolute Gasteiger partial charge is 0.486 e. The van der Waals surface area contributed by atoms with Crippen LogP contribution in [0.3, 0.4) is 0 Å². The fourth-order valence-corrected chi connectivity index (χ4v) is 5.59. The summed E-state index contributed by atoms with van der Waals surface area (Å²) < 4.78 is 12.6. The molecule has 0 saturated carbocycles. The number of hydrogen-bond acceptors (Lipinski definition) is 8. The number of aliphatic hydroxyl groups excluding tert-OH is 1. The Kier molecular flexibility index (Phi) is 10.5. The minimum atomic E-state index is -0.389. The summed E-state index contributed by atoms with van der Waals surface area (Å²) in [5, 5.41) is 19.4. The summed E-state index contributed by atoms with van der Waals surface area (Å²) in [5.74, 6) is 1.44. The van der Waals surface area contributed by atoms with Crippen molar-refractivity contribution in [2.45, 2.75) is 38.6 Å². The summed E-state index contributed by atoms with van der Waals surface area (Å²) in [6, 6.07) is 22.2. The van der Waals surface area contributed by atoms with Gasteiger partial charge >= 0.3 is 0 Å². The molecule has 0 radical (unpaired) electrons. The number of carbonyl (C=O) groups excluding carboxylic acids is 2. The molecule has 0 bridgehead atoms. The second-order valence-corrected chi connectivity index (χ2v) is 11.8. The van der Waals surface area contributed by atoms with Crippen molar-refractivity contribution < 1.29 is 24.2 Å². The number of benzene rings is 3. The summed E-state index contributed by atoms with van der Waals surface area (Å²) >= 11 is 0. The number of nitrogens with zero attached hydrogens (tertiary/aromatic N) is 2. The molecule has 2 aliphatic heterocycles. The van der Waals surface area contributed by atoms with Crippen LogP contribution in [-0.4, -0.2) is 91.3 Å². The fourth-order valence-electron chi connectivity index (χ4n) is 5.59. The minimum absolute atomic E-state index is 0.0573. The smallest absolute Gasteiger partial charge is 0.258 e. The van der Waals surface area contributed by atoms with Gasteiger partial charge in [0.1, 0.15) is 17.6 Å². The Balaban J connectivity index is 1.34. The SMILES string of the molecule is CC1CN(C(C)CO)C(=O)c2cccc(NC(=O)C3CNCCN3)c2OC1CN(C)Cc1ccc(Oc2ccccc2)cc1. The predicted molar refractivity (Wildman–Crippen MR) is 170 cm³/mol. The summed E-state index contributed by atoms with van der Waals surface area (Å²) in [6.07, 6.45) is -0.298. The van der Waals surface area contributed by atoms with E-state index in [1.807, 2.05) is 56.4 Å². The molecule has 2 aliphatic rings. The molecule has 4 atom stereocenters. The number of aliphatic hydroxyl groups is 1. The third-order valence-corrected chi connectivity index (χ3v) is 8.15. The van der Waals surface area contributed by atoms with E-state index < -0.39 is 0 Å². The fraction of sp³-hybridized carbons (Fsp3) is 0.412. The molecule has 1 saturated heterocycles. The van der Waals surface area contributed by atoms with Gasteiger partial charge in [0.25, 0.3) is 5.91 Å². The molecule has 3 aromatic rings. The number of likely N-dealkylation sites (N-methyl/N-ethyl adjacent to an activating group) is 1. The van der Waals surface area contributed by atoms with E-state index in [1.54, 1.807) is 23.1 Å². The molecule has 4 N–H and O–H groups in total. The number of rotatable bonds is 10. The van der Waals surface area contributed by atoms with Crippen LogP contribution < -0.4 is 25.4 Å². The van der Waals surface area contributed by atoms with E-state index in [1.165, 1.54) is 0 Å². The Labute approximate surface area is 259 Å². The lowest BCUT2D eigenvalue weighted by Crippen LogP contribution is -2.54. The topological polar surface area (TPSA) is 115 Å². The zero-order chi connectivity index (χ0) is 31.1. The summed E-state index contributed by atoms with van der Waals surface area (Å²) in [4.78, 5) is 30.8. The molecule has 0 spiro atoms. The highest BCUT2D eigenvalue weighted by molar-refractivity contribution is 6.02. The van der Waals surface area contributed by atoms with E-state index in [-0.39, 0.29) is 42.5 Å². The Morgan fingerprint density at radius 3 is 2.55 bits per heavy atom. The van der Waals surface area contributed by atoms with E-state index in [0.29, 0.717) is 49.7 Å². The van der Waals surface area contributed by atoms with Crippen LogP contribution in [0.1, 0.15) is 29.8 Å². The van der Waals surface area contributed by atoms with Gasteiger partial charge < -0.3 is 35.4 Å². The van der Waals surface area contributed by atoms with Gasteiger partial charge in [-0.25, -0.2) is 0 Å². The van der Waals surface area contributed by atoms with Gasteiger partial charge in [-0.2, -0.15) is 0 Å². The van der Waals surface area contributed by atoms with E-state index in [4.69, 9.17) is 9.47 Å². The van der Waals surface area contributed by atoms with Gasteiger partial charge in [0.15, 0.2) is 5.75 Å². The van der Waals surface area contributed by atoms with Crippen molar-refractivity contribution in [2.24, 2.45) is 5.92 Å². The number of anilines is 1. The highest BCUT2D eigenvalue weighted by Crippen LogP contribution is 2.35. The van der Waals surface area contributed by atoms with Crippen molar-refractivity contribution in [1.29, 1.82) is 0 Å². The molecule has 3 aromatic carbocycles. The number of hydrogen-bond donors (Lipinski definition) is 4. The highest BCUT2D eigenvalue weighted by atomic mass is 16.5. The lowest BCUT2D eigenvalue weighted by Gasteiger charge is -2.38. The average Bonchev–Trinajstić information content (AvgIpc) is 3.04. The Bertz CT molecular complexity index is 1400. The van der Waals surface area contributed by atoms with E-state index in [9.17, 15) is 14.7 Å². The van der Waals surface area contributed by atoms with Crippen LogP contribution in [0.2, 0.25) is 0 Å². The number of fused-ring (bicyclic) bond motifs is 1. The summed E-state index contributed by atoms with van der Waals surface area (Å²) in [7, 11) is 2.04. The zero-order valence-corrected chi connectivity index (χ0v) is 25.7. The maximum Gasteiger partial charge on any atom is 0.258 e. The van der Waals surface area contributed by atoms with Gasteiger partial charge in [-0.05, 0) is 55.9 Å². The number of para-hydroxylation sites is 2. The molecule has 4 unspecified atom stereocenters. The van der Waals surface area contributed by atoms with Crippen molar-refractivity contribution in [3.63, 3.8) is 0 Å². The van der Waals surface area contributed by atoms with Crippen molar-refractivity contribution in [1.82, 2.24) is 20.4 Å². The Hall–Kier alpha value is -3.96. The third kappa shape index (κ3) is 7.75. The van der Waals surface area contributed by atoms with Crippen LogP contribution >= 0.6 is 0 Å². The summed E-state index contributed by atoms with van der Waals surface area (Å²) in [5.41, 5.74) is 1.95. The molecule has 1 fully saturated rings. The predicted octanol–water partition coefficient (Wildman–Crippen LogP) is 3.33. The Morgan fingerprint density at radius 2 is 1.84 bits per heavy atom. The third-order valence-electron chi connectivity index (χ3n) is 8.15. The van der Waals surface area contributed by atoms with Crippen molar-refractivity contribution in [3.8, 4) is 17.2 Å². The van der Waals surface area contributed by atoms with Crippen LogP contribution in [0.4, 0.5) is 5.69 Å². The number of nitrogens with one attached hydrogen (secondary N) is 3. The van der Waals surface area contributed by atoms with Gasteiger partial charge in [0.05, 0.1) is 29.9 Å². The summed E-state index contributed by atoms with van der Waals surface area (Å²) in [6.45, 7) is 7.45. The lowest BCUT2D eigenvalue weighted by molar-refractivity contribution is -0.118. The highest BCUT2D eigenvalue weighted by Gasteiger charge is 2.35. The molecular weight excluding hydrogens is 558 g/mol. The quantitative estimate of drug-likeness (QED) is 0.280. The molecule has 5 rings (SSSR count). The first kappa shape index (κ1) is 31.5. The first-order chi connectivity index (χ1) is 21.3. The molecule has 2 amide bonds. The van der Waals surface area contributed by atoms with Crippen molar-refractivity contribution in [2.75, 3.05) is 51.7 Å². The molecule has 234 valence electrons. The molecule has 10 nitrogen and oxygen atoms in total.